The minimum Gasteiger partial charge on any atom is -0.388 e. The van der Waals surface area contributed by atoms with Gasteiger partial charge < -0.3 is 10.3 Å². The molecular weight excluding hydrogens is 210 g/mol. The summed E-state index contributed by atoms with van der Waals surface area (Å²) in [6.45, 7) is 6.40. The molecule has 3 nitrogen and oxygen atoms in total. The second-order valence-electron chi connectivity index (χ2n) is 4.58. The van der Waals surface area contributed by atoms with Crippen molar-refractivity contribution in [1.29, 1.82) is 0 Å². The van der Waals surface area contributed by atoms with Gasteiger partial charge in [-0.25, -0.2) is 4.98 Å². The van der Waals surface area contributed by atoms with E-state index in [0.29, 0.717) is 5.92 Å². The highest BCUT2D eigenvalue weighted by molar-refractivity contribution is 5.62. The quantitative estimate of drug-likeness (QED) is 0.845. The standard InChI is InChI=1S/C14H19N3/c1-9(2)13-10(3)16-14(17-13)11-6-5-7-12(8-11)15-4/h5-9,15H,1-4H3,(H,16,17). The first-order valence-corrected chi connectivity index (χ1v) is 5.96. The molecule has 0 radical (unpaired) electrons. The number of anilines is 1. The second-order valence-corrected chi connectivity index (χ2v) is 4.58. The van der Waals surface area contributed by atoms with Crippen LogP contribution in [0.25, 0.3) is 11.4 Å². The van der Waals surface area contributed by atoms with E-state index in [1.54, 1.807) is 0 Å². The SMILES string of the molecule is CNc1cccc(-c2nc(C(C)C)c(C)[nH]2)c1. The number of imidazole rings is 1. The maximum Gasteiger partial charge on any atom is 0.137 e. The third-order valence-electron chi connectivity index (χ3n) is 2.89. The molecule has 2 aromatic rings. The van der Waals surface area contributed by atoms with Crippen molar-refractivity contribution in [3.8, 4) is 11.4 Å². The van der Waals surface area contributed by atoms with Gasteiger partial charge in [-0.3, -0.25) is 0 Å². The molecule has 2 rings (SSSR count). The maximum atomic E-state index is 4.67. The first-order valence-electron chi connectivity index (χ1n) is 5.96. The molecule has 0 aliphatic heterocycles. The molecular formula is C14H19N3. The van der Waals surface area contributed by atoms with Crippen LogP contribution in [0.1, 0.15) is 31.2 Å². The van der Waals surface area contributed by atoms with Crippen molar-refractivity contribution in [2.24, 2.45) is 0 Å². The largest absolute Gasteiger partial charge is 0.388 e. The molecule has 0 fully saturated rings. The molecule has 3 heteroatoms. The van der Waals surface area contributed by atoms with Crippen LogP contribution < -0.4 is 5.32 Å². The van der Waals surface area contributed by atoms with E-state index in [4.69, 9.17) is 0 Å². The predicted octanol–water partition coefficient (Wildman–Crippen LogP) is 3.55. The Bertz CT molecular complexity index is 512. The highest BCUT2D eigenvalue weighted by Crippen LogP contribution is 2.24. The maximum absolute atomic E-state index is 4.67. The highest BCUT2D eigenvalue weighted by atomic mass is 14.9. The summed E-state index contributed by atoms with van der Waals surface area (Å²) < 4.78 is 0. The normalized spacial score (nSPS) is 10.9. The number of H-pyrrole nitrogens is 1. The van der Waals surface area contributed by atoms with Gasteiger partial charge in [0.1, 0.15) is 5.82 Å². The molecule has 0 bridgehead atoms. The van der Waals surface area contributed by atoms with Crippen LogP contribution in [-0.4, -0.2) is 17.0 Å². The van der Waals surface area contributed by atoms with Gasteiger partial charge in [0.15, 0.2) is 0 Å². The molecule has 90 valence electrons. The Balaban J connectivity index is 2.42. The summed E-state index contributed by atoms with van der Waals surface area (Å²) in [6.07, 6.45) is 0. The van der Waals surface area contributed by atoms with Crippen LogP contribution in [0.15, 0.2) is 24.3 Å². The summed E-state index contributed by atoms with van der Waals surface area (Å²) in [5.74, 6) is 1.40. The number of benzene rings is 1. The Kier molecular flexibility index (Phi) is 3.18. The van der Waals surface area contributed by atoms with E-state index in [1.807, 2.05) is 19.2 Å². The Morgan fingerprint density at radius 1 is 1.29 bits per heavy atom. The Morgan fingerprint density at radius 3 is 2.65 bits per heavy atom. The number of aryl methyl sites for hydroxylation is 1. The Hall–Kier alpha value is -1.77. The number of nitrogens with zero attached hydrogens (tertiary/aromatic N) is 1. The van der Waals surface area contributed by atoms with Crippen molar-refractivity contribution < 1.29 is 0 Å². The molecule has 0 aliphatic carbocycles. The fraction of sp³-hybridized carbons (Fsp3) is 0.357. The van der Waals surface area contributed by atoms with Crippen molar-refractivity contribution in [3.05, 3.63) is 35.7 Å². The lowest BCUT2D eigenvalue weighted by Crippen LogP contribution is -1.90. The van der Waals surface area contributed by atoms with E-state index >= 15 is 0 Å². The number of aromatic nitrogens is 2. The van der Waals surface area contributed by atoms with Gasteiger partial charge in [0.25, 0.3) is 0 Å². The van der Waals surface area contributed by atoms with Crippen LogP contribution in [0, 0.1) is 6.92 Å². The van der Waals surface area contributed by atoms with E-state index in [-0.39, 0.29) is 0 Å². The second kappa shape index (κ2) is 4.62. The van der Waals surface area contributed by atoms with E-state index in [2.05, 4.69) is 48.2 Å². The molecule has 1 aromatic heterocycles. The number of rotatable bonds is 3. The number of hydrogen-bond donors (Lipinski definition) is 2. The molecule has 0 amide bonds. The van der Waals surface area contributed by atoms with E-state index in [1.165, 1.54) is 0 Å². The van der Waals surface area contributed by atoms with Gasteiger partial charge in [0, 0.05) is 24.0 Å². The number of aromatic amines is 1. The van der Waals surface area contributed by atoms with Crippen LogP contribution in [0.3, 0.4) is 0 Å². The van der Waals surface area contributed by atoms with Gasteiger partial charge >= 0.3 is 0 Å². The summed E-state index contributed by atoms with van der Waals surface area (Å²) in [7, 11) is 1.92. The van der Waals surface area contributed by atoms with Crippen molar-refractivity contribution in [1.82, 2.24) is 9.97 Å². The Labute approximate surface area is 102 Å². The van der Waals surface area contributed by atoms with Crippen LogP contribution in [-0.2, 0) is 0 Å². The molecule has 2 N–H and O–H groups in total. The molecule has 0 saturated heterocycles. The Morgan fingerprint density at radius 2 is 2.06 bits per heavy atom. The molecule has 0 aliphatic rings. The fourth-order valence-corrected chi connectivity index (χ4v) is 1.99. The van der Waals surface area contributed by atoms with Crippen molar-refractivity contribution in [3.63, 3.8) is 0 Å². The zero-order chi connectivity index (χ0) is 12.4. The molecule has 0 spiro atoms. The van der Waals surface area contributed by atoms with Crippen molar-refractivity contribution in [2.75, 3.05) is 12.4 Å². The van der Waals surface area contributed by atoms with Crippen molar-refractivity contribution >= 4 is 5.69 Å². The molecule has 0 saturated carbocycles. The molecule has 1 aromatic carbocycles. The van der Waals surface area contributed by atoms with Gasteiger partial charge in [0.2, 0.25) is 0 Å². The van der Waals surface area contributed by atoms with Crippen LogP contribution in [0.4, 0.5) is 5.69 Å². The lowest BCUT2D eigenvalue weighted by Gasteiger charge is -2.02. The average molecular weight is 229 g/mol. The van der Waals surface area contributed by atoms with E-state index in [9.17, 15) is 0 Å². The third-order valence-corrected chi connectivity index (χ3v) is 2.89. The van der Waals surface area contributed by atoms with Crippen molar-refractivity contribution in [2.45, 2.75) is 26.7 Å². The monoisotopic (exact) mass is 229 g/mol. The van der Waals surface area contributed by atoms with Crippen LogP contribution in [0.2, 0.25) is 0 Å². The molecule has 0 unspecified atom stereocenters. The minimum absolute atomic E-state index is 0.451. The first-order chi connectivity index (χ1) is 8.11. The lowest BCUT2D eigenvalue weighted by atomic mass is 10.1. The minimum atomic E-state index is 0.451. The fourth-order valence-electron chi connectivity index (χ4n) is 1.99. The zero-order valence-electron chi connectivity index (χ0n) is 10.8. The molecule has 17 heavy (non-hydrogen) atoms. The summed E-state index contributed by atoms with van der Waals surface area (Å²) in [5, 5.41) is 3.14. The van der Waals surface area contributed by atoms with Crippen LogP contribution in [0.5, 0.6) is 0 Å². The smallest absolute Gasteiger partial charge is 0.137 e. The molecule has 0 atom stereocenters. The summed E-state index contributed by atoms with van der Waals surface area (Å²) in [6, 6.07) is 8.25. The van der Waals surface area contributed by atoms with Gasteiger partial charge in [-0.05, 0) is 25.0 Å². The summed E-state index contributed by atoms with van der Waals surface area (Å²) in [4.78, 5) is 8.03. The topological polar surface area (TPSA) is 40.7 Å². The van der Waals surface area contributed by atoms with Crippen LogP contribution >= 0.6 is 0 Å². The number of nitrogens with one attached hydrogen (secondary N) is 2. The third kappa shape index (κ3) is 2.33. The van der Waals surface area contributed by atoms with E-state index < -0.39 is 0 Å². The lowest BCUT2D eigenvalue weighted by molar-refractivity contribution is 0.823. The molecule has 1 heterocycles. The van der Waals surface area contributed by atoms with Gasteiger partial charge in [-0.1, -0.05) is 26.0 Å². The summed E-state index contributed by atoms with van der Waals surface area (Å²) >= 11 is 0. The van der Waals surface area contributed by atoms with Gasteiger partial charge in [0.05, 0.1) is 5.69 Å². The predicted molar refractivity (Wildman–Crippen MR) is 72.4 cm³/mol. The average Bonchev–Trinajstić information content (AvgIpc) is 2.71. The zero-order valence-corrected chi connectivity index (χ0v) is 10.8. The highest BCUT2D eigenvalue weighted by Gasteiger charge is 2.11. The van der Waals surface area contributed by atoms with Gasteiger partial charge in [-0.2, -0.15) is 0 Å². The number of hydrogen-bond acceptors (Lipinski definition) is 2. The van der Waals surface area contributed by atoms with Gasteiger partial charge in [-0.15, -0.1) is 0 Å². The van der Waals surface area contributed by atoms with E-state index in [0.717, 1.165) is 28.5 Å². The first kappa shape index (κ1) is 11.7. The summed E-state index contributed by atoms with van der Waals surface area (Å²) in [5.41, 5.74) is 4.52.